The lowest BCUT2D eigenvalue weighted by Gasteiger charge is -2.38. The molecule has 0 amide bonds. The first-order chi connectivity index (χ1) is 18.2. The minimum absolute atomic E-state index is 0.0480. The van der Waals surface area contributed by atoms with Crippen molar-refractivity contribution in [2.24, 2.45) is 5.92 Å². The molecule has 2 saturated carbocycles. The highest BCUT2D eigenvalue weighted by atomic mass is 32.1. The molecule has 0 unspecified atom stereocenters. The Balaban J connectivity index is 1.07. The highest BCUT2D eigenvalue weighted by Gasteiger charge is 2.58. The van der Waals surface area contributed by atoms with Gasteiger partial charge in [-0.2, -0.15) is 13.2 Å². The number of aromatic carboxylic acids is 1. The Morgan fingerprint density at radius 1 is 1.16 bits per heavy atom. The van der Waals surface area contributed by atoms with Crippen LogP contribution in [0.1, 0.15) is 84.2 Å². The number of aromatic nitrogens is 2. The molecular formula is C26H25F4N3O4S. The van der Waals surface area contributed by atoms with Crippen LogP contribution in [0.25, 0.3) is 10.2 Å². The van der Waals surface area contributed by atoms with E-state index in [1.807, 2.05) is 0 Å². The number of carboxylic acids is 1. The van der Waals surface area contributed by atoms with Crippen LogP contribution in [-0.2, 0) is 11.3 Å². The third-order valence-corrected chi connectivity index (χ3v) is 9.43. The van der Waals surface area contributed by atoms with Gasteiger partial charge in [-0.3, -0.25) is 0 Å². The number of hydrogen-bond donors (Lipinski definition) is 1. The van der Waals surface area contributed by atoms with Crippen molar-refractivity contribution in [3.05, 3.63) is 40.5 Å². The maximum Gasteiger partial charge on any atom is 0.392 e. The minimum atomic E-state index is -4.23. The number of piperidine rings is 1. The second-order valence-electron chi connectivity index (χ2n) is 11.0. The number of benzene rings is 1. The predicted octanol–water partition coefficient (Wildman–Crippen LogP) is 6.38. The monoisotopic (exact) mass is 551 g/mol. The van der Waals surface area contributed by atoms with Crippen LogP contribution in [0.3, 0.4) is 0 Å². The fraction of sp³-hybridized carbons (Fsp3) is 0.577. The average molecular weight is 552 g/mol. The Hall–Kier alpha value is -2.73. The zero-order valence-electron chi connectivity index (χ0n) is 20.2. The number of anilines is 1. The van der Waals surface area contributed by atoms with Crippen molar-refractivity contribution < 1.29 is 36.7 Å². The van der Waals surface area contributed by atoms with Crippen LogP contribution in [0.5, 0.6) is 0 Å². The Morgan fingerprint density at radius 3 is 2.53 bits per heavy atom. The van der Waals surface area contributed by atoms with Gasteiger partial charge >= 0.3 is 12.1 Å². The zero-order valence-corrected chi connectivity index (χ0v) is 21.0. The molecule has 202 valence electrons. The number of alkyl halides is 3. The van der Waals surface area contributed by atoms with Crippen molar-refractivity contribution in [3.63, 3.8) is 0 Å². The van der Waals surface area contributed by atoms with Gasteiger partial charge in [-0.1, -0.05) is 16.5 Å². The number of halogens is 4. The summed E-state index contributed by atoms with van der Waals surface area (Å²) in [5.41, 5.74) is 1.19. The summed E-state index contributed by atoms with van der Waals surface area (Å²) in [5.74, 6) is -2.93. The molecule has 7 nitrogen and oxygen atoms in total. The van der Waals surface area contributed by atoms with Crippen LogP contribution >= 0.6 is 11.3 Å². The molecule has 2 bridgehead atoms. The lowest BCUT2D eigenvalue weighted by molar-refractivity contribution is -0.148. The molecule has 4 fully saturated rings. The molecular weight excluding hydrogens is 526 g/mol. The summed E-state index contributed by atoms with van der Waals surface area (Å²) in [6, 6.07) is 2.74. The summed E-state index contributed by atoms with van der Waals surface area (Å²) in [4.78, 5) is 18.0. The number of fused-ring (bicyclic) bond motifs is 3. The van der Waals surface area contributed by atoms with Crippen LogP contribution in [0.4, 0.5) is 22.7 Å². The molecule has 12 heteroatoms. The van der Waals surface area contributed by atoms with E-state index in [-0.39, 0.29) is 48.2 Å². The molecule has 4 aliphatic rings. The summed E-state index contributed by atoms with van der Waals surface area (Å²) >= 11 is 1.29. The second-order valence-corrected chi connectivity index (χ2v) is 12.0. The first kappa shape index (κ1) is 24.3. The minimum Gasteiger partial charge on any atom is -0.478 e. The Bertz CT molecular complexity index is 1400. The van der Waals surface area contributed by atoms with Crippen molar-refractivity contribution in [2.45, 2.75) is 87.8 Å². The third-order valence-electron chi connectivity index (χ3n) is 8.42. The van der Waals surface area contributed by atoms with Gasteiger partial charge in [-0.05, 0) is 57.1 Å². The first-order valence-electron chi connectivity index (χ1n) is 13.0. The van der Waals surface area contributed by atoms with E-state index >= 15 is 0 Å². The lowest BCUT2D eigenvalue weighted by Crippen LogP contribution is -2.45. The third kappa shape index (κ3) is 4.16. The summed E-state index contributed by atoms with van der Waals surface area (Å²) in [7, 11) is 0. The highest BCUT2D eigenvalue weighted by Crippen LogP contribution is 2.57. The molecule has 5 atom stereocenters. The van der Waals surface area contributed by atoms with Crippen LogP contribution in [0.15, 0.2) is 16.7 Å². The van der Waals surface area contributed by atoms with Crippen molar-refractivity contribution in [2.75, 3.05) is 4.90 Å². The molecule has 1 N–H and O–H groups in total. The van der Waals surface area contributed by atoms with Crippen molar-refractivity contribution >= 4 is 32.7 Å². The van der Waals surface area contributed by atoms with Gasteiger partial charge in [0.2, 0.25) is 0 Å². The molecule has 7 rings (SSSR count). The summed E-state index contributed by atoms with van der Waals surface area (Å²) in [5, 5.41) is 14.0. The van der Waals surface area contributed by atoms with E-state index in [0.29, 0.717) is 26.8 Å². The number of carbonyl (C=O) groups is 1. The summed E-state index contributed by atoms with van der Waals surface area (Å²) in [6.45, 7) is 0.195. The van der Waals surface area contributed by atoms with E-state index < -0.39 is 29.8 Å². The van der Waals surface area contributed by atoms with Gasteiger partial charge < -0.3 is 19.3 Å². The van der Waals surface area contributed by atoms with Gasteiger partial charge in [-0.15, -0.1) is 0 Å². The van der Waals surface area contributed by atoms with Crippen LogP contribution < -0.4 is 4.90 Å². The number of carboxylic acid groups (broad SMARTS) is 1. The van der Waals surface area contributed by atoms with E-state index in [4.69, 9.17) is 9.26 Å². The quantitative estimate of drug-likeness (QED) is 0.341. The smallest absolute Gasteiger partial charge is 0.392 e. The van der Waals surface area contributed by atoms with E-state index in [1.165, 1.54) is 17.4 Å². The average Bonchev–Trinajstić information content (AvgIpc) is 3.76. The Morgan fingerprint density at radius 2 is 1.89 bits per heavy atom. The van der Waals surface area contributed by atoms with Gasteiger partial charge in [0.05, 0.1) is 34.6 Å². The molecule has 0 spiro atoms. The van der Waals surface area contributed by atoms with Crippen LogP contribution in [-0.4, -0.2) is 45.6 Å². The molecule has 2 saturated heterocycles. The van der Waals surface area contributed by atoms with E-state index in [1.54, 1.807) is 0 Å². The van der Waals surface area contributed by atoms with E-state index in [2.05, 4.69) is 15.0 Å². The first-order valence-corrected chi connectivity index (χ1v) is 13.8. The van der Waals surface area contributed by atoms with Crippen molar-refractivity contribution in [1.29, 1.82) is 0 Å². The SMILES string of the molecule is O=C(O)c1cc(F)c2nc(N3[C@@H]4CC[C@H]3C[C@H](OCc3c([C@H]5C[C@@H]5C(F)(F)F)noc3C3CC3)C4)sc2c1. The predicted molar refractivity (Wildman–Crippen MR) is 129 cm³/mol. The van der Waals surface area contributed by atoms with Gasteiger partial charge in [0.1, 0.15) is 11.3 Å². The van der Waals surface area contributed by atoms with Crippen molar-refractivity contribution in [3.8, 4) is 0 Å². The lowest BCUT2D eigenvalue weighted by atomic mass is 10.00. The number of nitrogens with zero attached hydrogens (tertiary/aromatic N) is 3. The standard InChI is InChI=1S/C26H25F4N3O4S/c27-19-5-12(24(34)35)6-20-22(19)31-25(38-20)33-13-3-4-14(33)8-15(7-13)36-10-17-21(16-9-18(16)26(28,29)30)32-37-23(17)11-1-2-11/h5-6,11,13-16,18H,1-4,7-10H2,(H,34,35)/t13-,14+,15-,16-,18-/m0/s1. The normalized spacial score (nSPS) is 28.8. The van der Waals surface area contributed by atoms with E-state index in [9.17, 15) is 27.5 Å². The van der Waals surface area contributed by atoms with Gasteiger partial charge in [0.25, 0.3) is 0 Å². The molecule has 2 aliphatic heterocycles. The Labute approximate surface area is 218 Å². The van der Waals surface area contributed by atoms with Crippen molar-refractivity contribution in [1.82, 2.24) is 10.1 Å². The fourth-order valence-electron chi connectivity index (χ4n) is 6.28. The number of rotatable bonds is 7. The number of thiazole rings is 1. The van der Waals surface area contributed by atoms with Gasteiger partial charge in [-0.25, -0.2) is 14.2 Å². The summed E-state index contributed by atoms with van der Waals surface area (Å²) < 4.78 is 66.6. The highest BCUT2D eigenvalue weighted by molar-refractivity contribution is 7.22. The molecule has 3 aromatic rings. The maximum atomic E-state index is 14.5. The molecule has 2 aromatic heterocycles. The summed E-state index contributed by atoms with van der Waals surface area (Å²) in [6.07, 6.45) is 0.976. The van der Waals surface area contributed by atoms with Crippen LogP contribution in [0.2, 0.25) is 0 Å². The molecule has 38 heavy (non-hydrogen) atoms. The number of ether oxygens (including phenoxy) is 1. The Kier molecular flexibility index (Phi) is 5.53. The zero-order chi connectivity index (χ0) is 26.3. The van der Waals surface area contributed by atoms with Crippen LogP contribution in [0, 0.1) is 11.7 Å². The fourth-order valence-corrected chi connectivity index (χ4v) is 7.45. The second kappa shape index (κ2) is 8.64. The largest absolute Gasteiger partial charge is 0.478 e. The molecule has 1 aromatic carbocycles. The van der Waals surface area contributed by atoms with E-state index in [0.717, 1.165) is 44.6 Å². The van der Waals surface area contributed by atoms with Gasteiger partial charge in [0.15, 0.2) is 10.9 Å². The number of hydrogen-bond acceptors (Lipinski definition) is 7. The maximum absolute atomic E-state index is 14.5. The topological polar surface area (TPSA) is 88.7 Å². The molecule has 2 aliphatic carbocycles. The molecule has 0 radical (unpaired) electrons. The molecule has 4 heterocycles. The van der Waals surface area contributed by atoms with Gasteiger partial charge in [0, 0.05) is 29.5 Å².